The van der Waals surface area contributed by atoms with Crippen molar-refractivity contribution in [1.82, 2.24) is 4.72 Å². The van der Waals surface area contributed by atoms with Gasteiger partial charge in [-0.2, -0.15) is 0 Å². The van der Waals surface area contributed by atoms with Crippen molar-refractivity contribution in [3.05, 3.63) is 59.7 Å². The Balaban J connectivity index is 1.87. The van der Waals surface area contributed by atoms with Gasteiger partial charge in [-0.25, -0.2) is 13.1 Å². The second kappa shape index (κ2) is 8.01. The number of rotatable bonds is 6. The van der Waals surface area contributed by atoms with E-state index >= 15 is 0 Å². The molecule has 2 aromatic carbocycles. The average molecular weight is 372 g/mol. The van der Waals surface area contributed by atoms with Crippen LogP contribution in [0, 0.1) is 0 Å². The fourth-order valence-electron chi connectivity index (χ4n) is 3.15. The molecule has 1 amide bonds. The van der Waals surface area contributed by atoms with Crippen LogP contribution >= 0.6 is 0 Å². The highest BCUT2D eigenvalue weighted by Crippen LogP contribution is 2.30. The van der Waals surface area contributed by atoms with Crippen LogP contribution in [0.15, 0.2) is 53.4 Å². The SMILES string of the molecule is CCCCNS(=O)(=O)c1ccc2c(c1)CCCN2C(=O)c1ccccc1. The Kier molecular flexibility index (Phi) is 5.74. The van der Waals surface area contributed by atoms with Gasteiger partial charge < -0.3 is 4.90 Å². The second-order valence-electron chi connectivity index (χ2n) is 6.47. The molecule has 5 nitrogen and oxygen atoms in total. The summed E-state index contributed by atoms with van der Waals surface area (Å²) in [7, 11) is -3.51. The molecule has 1 aliphatic rings. The predicted octanol–water partition coefficient (Wildman–Crippen LogP) is 3.36. The molecule has 0 unspecified atom stereocenters. The number of anilines is 1. The van der Waals surface area contributed by atoms with Gasteiger partial charge in [-0.05, 0) is 55.2 Å². The summed E-state index contributed by atoms with van der Waals surface area (Å²) in [6.45, 7) is 3.10. The molecule has 138 valence electrons. The van der Waals surface area contributed by atoms with Gasteiger partial charge in [0.25, 0.3) is 5.91 Å². The monoisotopic (exact) mass is 372 g/mol. The molecule has 2 aromatic rings. The van der Waals surface area contributed by atoms with Crippen molar-refractivity contribution in [2.45, 2.75) is 37.5 Å². The summed E-state index contributed by atoms with van der Waals surface area (Å²) in [5.41, 5.74) is 2.34. The van der Waals surface area contributed by atoms with Crippen molar-refractivity contribution >= 4 is 21.6 Å². The number of benzene rings is 2. The lowest BCUT2D eigenvalue weighted by molar-refractivity contribution is 0.0985. The zero-order chi connectivity index (χ0) is 18.6. The Morgan fingerprint density at radius 3 is 2.65 bits per heavy atom. The van der Waals surface area contributed by atoms with E-state index in [-0.39, 0.29) is 10.8 Å². The zero-order valence-electron chi connectivity index (χ0n) is 14.9. The molecule has 0 fully saturated rings. The number of amides is 1. The summed E-state index contributed by atoms with van der Waals surface area (Å²) in [6, 6.07) is 14.2. The van der Waals surface area contributed by atoms with Gasteiger partial charge in [0.2, 0.25) is 10.0 Å². The number of carbonyl (C=O) groups excluding carboxylic acids is 1. The van der Waals surface area contributed by atoms with E-state index in [9.17, 15) is 13.2 Å². The van der Waals surface area contributed by atoms with Crippen LogP contribution in [0.25, 0.3) is 0 Å². The number of hydrogen-bond donors (Lipinski definition) is 1. The maximum absolute atomic E-state index is 12.8. The van der Waals surface area contributed by atoms with Crippen LogP contribution in [-0.2, 0) is 16.4 Å². The van der Waals surface area contributed by atoms with E-state index in [0.29, 0.717) is 18.7 Å². The number of hydrogen-bond acceptors (Lipinski definition) is 3. The molecular weight excluding hydrogens is 348 g/mol. The van der Waals surface area contributed by atoms with Crippen molar-refractivity contribution in [1.29, 1.82) is 0 Å². The van der Waals surface area contributed by atoms with Crippen LogP contribution in [0.3, 0.4) is 0 Å². The molecule has 26 heavy (non-hydrogen) atoms. The van der Waals surface area contributed by atoms with Crippen molar-refractivity contribution in [2.75, 3.05) is 18.0 Å². The summed E-state index contributed by atoms with van der Waals surface area (Å²) >= 11 is 0. The van der Waals surface area contributed by atoms with E-state index in [1.165, 1.54) is 0 Å². The van der Waals surface area contributed by atoms with E-state index in [4.69, 9.17) is 0 Å². The molecule has 1 N–H and O–H groups in total. The summed E-state index contributed by atoms with van der Waals surface area (Å²) in [5.74, 6) is -0.0526. The van der Waals surface area contributed by atoms with E-state index in [0.717, 1.165) is 36.9 Å². The summed E-state index contributed by atoms with van der Waals surface area (Å²) in [4.78, 5) is 14.8. The number of nitrogens with zero attached hydrogens (tertiary/aromatic N) is 1. The first kappa shape index (κ1) is 18.6. The van der Waals surface area contributed by atoms with Crippen LogP contribution in [-0.4, -0.2) is 27.4 Å². The molecule has 1 heterocycles. The van der Waals surface area contributed by atoms with E-state index in [1.54, 1.807) is 35.2 Å². The number of aryl methyl sites for hydroxylation is 1. The van der Waals surface area contributed by atoms with Crippen molar-refractivity contribution in [3.63, 3.8) is 0 Å². The molecule has 0 atom stereocenters. The fourth-order valence-corrected chi connectivity index (χ4v) is 4.28. The van der Waals surface area contributed by atoms with Gasteiger partial charge in [0, 0.05) is 24.3 Å². The first-order chi connectivity index (χ1) is 12.5. The standard InChI is InChI=1S/C20H24N2O3S/c1-2-3-13-21-26(24,25)18-11-12-19-17(15-18)10-7-14-22(19)20(23)16-8-5-4-6-9-16/h4-6,8-9,11-12,15,21H,2-3,7,10,13-14H2,1H3. The smallest absolute Gasteiger partial charge is 0.258 e. The molecule has 1 aliphatic heterocycles. The average Bonchev–Trinajstić information content (AvgIpc) is 2.67. The molecule has 3 rings (SSSR count). The summed E-state index contributed by atoms with van der Waals surface area (Å²) in [5, 5.41) is 0. The number of fused-ring (bicyclic) bond motifs is 1. The first-order valence-corrected chi connectivity index (χ1v) is 10.5. The van der Waals surface area contributed by atoms with Gasteiger partial charge in [-0.15, -0.1) is 0 Å². The van der Waals surface area contributed by atoms with Gasteiger partial charge in [0.1, 0.15) is 0 Å². The Hall–Kier alpha value is -2.18. The molecule has 6 heteroatoms. The van der Waals surface area contributed by atoms with E-state index in [2.05, 4.69) is 4.72 Å². The van der Waals surface area contributed by atoms with Crippen LogP contribution in [0.5, 0.6) is 0 Å². The van der Waals surface area contributed by atoms with Crippen molar-refractivity contribution in [2.24, 2.45) is 0 Å². The predicted molar refractivity (Wildman–Crippen MR) is 103 cm³/mol. The highest BCUT2D eigenvalue weighted by molar-refractivity contribution is 7.89. The Labute approximate surface area is 155 Å². The largest absolute Gasteiger partial charge is 0.308 e. The van der Waals surface area contributed by atoms with Gasteiger partial charge in [0.05, 0.1) is 4.90 Å². The third-order valence-electron chi connectivity index (χ3n) is 4.57. The maximum atomic E-state index is 12.8. The quantitative estimate of drug-likeness (QED) is 0.791. The normalized spacial score (nSPS) is 14.1. The van der Waals surface area contributed by atoms with Crippen LogP contribution in [0.1, 0.15) is 42.1 Å². The zero-order valence-corrected chi connectivity index (χ0v) is 15.8. The van der Waals surface area contributed by atoms with Gasteiger partial charge in [-0.1, -0.05) is 31.5 Å². The van der Waals surface area contributed by atoms with Crippen LogP contribution in [0.2, 0.25) is 0 Å². The van der Waals surface area contributed by atoms with Gasteiger partial charge in [-0.3, -0.25) is 4.79 Å². The lowest BCUT2D eigenvalue weighted by Crippen LogP contribution is -2.35. The lowest BCUT2D eigenvalue weighted by Gasteiger charge is -2.30. The molecule has 0 bridgehead atoms. The molecular formula is C20H24N2O3S. The lowest BCUT2D eigenvalue weighted by atomic mass is 10.0. The van der Waals surface area contributed by atoms with Crippen molar-refractivity contribution in [3.8, 4) is 0 Å². The molecule has 0 spiro atoms. The number of unbranched alkanes of at least 4 members (excludes halogenated alkanes) is 1. The topological polar surface area (TPSA) is 66.5 Å². The summed E-state index contributed by atoms with van der Waals surface area (Å²) in [6.07, 6.45) is 3.33. The minimum atomic E-state index is -3.51. The molecule has 0 aliphatic carbocycles. The Bertz CT molecular complexity index is 879. The van der Waals surface area contributed by atoms with E-state index in [1.807, 2.05) is 25.1 Å². The van der Waals surface area contributed by atoms with Crippen LogP contribution < -0.4 is 9.62 Å². The molecule has 0 aromatic heterocycles. The third-order valence-corrected chi connectivity index (χ3v) is 6.03. The van der Waals surface area contributed by atoms with Gasteiger partial charge in [0.15, 0.2) is 0 Å². The van der Waals surface area contributed by atoms with Gasteiger partial charge >= 0.3 is 0 Å². The maximum Gasteiger partial charge on any atom is 0.258 e. The summed E-state index contributed by atoms with van der Waals surface area (Å²) < 4.78 is 27.5. The number of sulfonamides is 1. The molecule has 0 radical (unpaired) electrons. The molecule has 0 saturated heterocycles. The minimum absolute atomic E-state index is 0.0526. The third kappa shape index (κ3) is 3.97. The number of carbonyl (C=O) groups is 1. The van der Waals surface area contributed by atoms with E-state index < -0.39 is 10.0 Å². The molecule has 0 saturated carbocycles. The highest BCUT2D eigenvalue weighted by atomic mass is 32.2. The highest BCUT2D eigenvalue weighted by Gasteiger charge is 2.25. The fraction of sp³-hybridized carbons (Fsp3) is 0.350. The second-order valence-corrected chi connectivity index (χ2v) is 8.24. The minimum Gasteiger partial charge on any atom is -0.308 e. The number of nitrogens with one attached hydrogen (secondary N) is 1. The Morgan fingerprint density at radius 1 is 1.15 bits per heavy atom. The Morgan fingerprint density at radius 2 is 1.92 bits per heavy atom. The van der Waals surface area contributed by atoms with Crippen molar-refractivity contribution < 1.29 is 13.2 Å². The first-order valence-electron chi connectivity index (χ1n) is 9.02. The van der Waals surface area contributed by atoms with Crippen LogP contribution in [0.4, 0.5) is 5.69 Å².